The lowest BCUT2D eigenvalue weighted by atomic mass is 9.79. The van der Waals surface area contributed by atoms with E-state index in [2.05, 4.69) is 113 Å². The minimum atomic E-state index is 0.446. The van der Waals surface area contributed by atoms with Crippen LogP contribution in [0.25, 0.3) is 0 Å². The monoisotopic (exact) mass is 397 g/mol. The van der Waals surface area contributed by atoms with E-state index in [0.29, 0.717) is 17.8 Å². The highest BCUT2D eigenvalue weighted by molar-refractivity contribution is 5.48. The summed E-state index contributed by atoms with van der Waals surface area (Å²) < 4.78 is 0. The average Bonchev–Trinajstić information content (AvgIpc) is 2.81. The predicted molar refractivity (Wildman–Crippen MR) is 131 cm³/mol. The van der Waals surface area contributed by atoms with Crippen molar-refractivity contribution in [1.82, 2.24) is 0 Å². The molecule has 0 fully saturated rings. The first kappa shape index (κ1) is 22.2. The molecule has 3 rings (SSSR count). The number of benzene rings is 3. The van der Waals surface area contributed by atoms with E-state index in [-0.39, 0.29) is 0 Å². The Morgan fingerprint density at radius 3 is 1.83 bits per heavy atom. The number of hydrogen-bond donors (Lipinski definition) is 0. The van der Waals surface area contributed by atoms with Crippen LogP contribution >= 0.6 is 0 Å². The summed E-state index contributed by atoms with van der Waals surface area (Å²) in [5, 5.41) is 0. The molecule has 3 aromatic carbocycles. The van der Waals surface area contributed by atoms with Gasteiger partial charge < -0.3 is 0 Å². The van der Waals surface area contributed by atoms with Gasteiger partial charge in [0.2, 0.25) is 0 Å². The van der Waals surface area contributed by atoms with Crippen molar-refractivity contribution < 1.29 is 0 Å². The van der Waals surface area contributed by atoms with Crippen LogP contribution in [0.3, 0.4) is 0 Å². The Balaban J connectivity index is 2.00. The lowest BCUT2D eigenvalue weighted by molar-refractivity contribution is 0.484. The van der Waals surface area contributed by atoms with E-state index in [9.17, 15) is 0 Å². The molecule has 156 valence electrons. The first-order valence-electron chi connectivity index (χ1n) is 11.7. The van der Waals surface area contributed by atoms with Gasteiger partial charge in [-0.25, -0.2) is 0 Å². The van der Waals surface area contributed by atoms with Crippen molar-refractivity contribution in [2.45, 2.75) is 59.3 Å². The summed E-state index contributed by atoms with van der Waals surface area (Å²) in [5.41, 5.74) is 5.60. The fourth-order valence-corrected chi connectivity index (χ4v) is 4.20. The van der Waals surface area contributed by atoms with Crippen molar-refractivity contribution in [1.29, 1.82) is 0 Å². The molecule has 0 spiro atoms. The first-order chi connectivity index (χ1) is 14.6. The quantitative estimate of drug-likeness (QED) is 0.300. The molecule has 30 heavy (non-hydrogen) atoms. The van der Waals surface area contributed by atoms with Crippen LogP contribution in [-0.4, -0.2) is 0 Å². The van der Waals surface area contributed by atoms with Crippen LogP contribution in [0.5, 0.6) is 0 Å². The highest BCUT2D eigenvalue weighted by Gasteiger charge is 2.25. The van der Waals surface area contributed by atoms with Crippen molar-refractivity contribution in [2.24, 2.45) is 11.8 Å². The molecule has 0 amide bonds. The minimum Gasteiger partial charge on any atom is -0.0651 e. The summed E-state index contributed by atoms with van der Waals surface area (Å²) in [6, 6.07) is 31.4. The molecule has 0 N–H and O–H groups in total. The molecule has 0 aliphatic heterocycles. The summed E-state index contributed by atoms with van der Waals surface area (Å²) >= 11 is 0. The van der Waals surface area contributed by atoms with Crippen LogP contribution in [0.4, 0.5) is 0 Å². The van der Waals surface area contributed by atoms with Gasteiger partial charge in [-0.2, -0.15) is 0 Å². The second kappa shape index (κ2) is 11.1. The third kappa shape index (κ3) is 5.79. The molecule has 3 aromatic rings. The number of rotatable bonds is 10. The molecule has 0 radical (unpaired) electrons. The Hall–Kier alpha value is -2.47. The van der Waals surface area contributed by atoms with E-state index >= 15 is 0 Å². The maximum atomic E-state index is 2.46. The van der Waals surface area contributed by atoms with Gasteiger partial charge in [0, 0.05) is 42.5 Å². The largest absolute Gasteiger partial charge is 0.0759 e. The molecular weight excluding hydrogens is 360 g/mol. The second-order valence-corrected chi connectivity index (χ2v) is 8.90. The Labute approximate surface area is 184 Å². The molecule has 3 unspecified atom stereocenters. The predicted octanol–water partition coefficient (Wildman–Crippen LogP) is 8.66. The highest BCUT2D eigenvalue weighted by Crippen LogP contribution is 2.36. The lowest BCUT2D eigenvalue weighted by Gasteiger charge is -2.22. The molecule has 0 saturated carbocycles. The summed E-state index contributed by atoms with van der Waals surface area (Å²) in [6.45, 7) is 9.34. The topological polar surface area (TPSA) is 0 Å². The zero-order chi connectivity index (χ0) is 21.3. The SMILES string of the molecule is CCC(C)C[C+](c1ccccc1)c1cccc(C(CC(C)CC)c2ccccc2)c1. The van der Waals surface area contributed by atoms with E-state index in [1.807, 2.05) is 0 Å². The molecule has 0 aliphatic rings. The molecule has 0 aliphatic carbocycles. The van der Waals surface area contributed by atoms with Gasteiger partial charge in [-0.15, -0.1) is 0 Å². The fraction of sp³-hybridized carbons (Fsp3) is 0.367. The van der Waals surface area contributed by atoms with Gasteiger partial charge in [-0.1, -0.05) is 70.9 Å². The Kier molecular flexibility index (Phi) is 8.20. The molecule has 0 heterocycles. The fourth-order valence-electron chi connectivity index (χ4n) is 4.20. The molecule has 3 atom stereocenters. The Morgan fingerprint density at radius 2 is 1.20 bits per heavy atom. The van der Waals surface area contributed by atoms with E-state index in [4.69, 9.17) is 0 Å². The van der Waals surface area contributed by atoms with E-state index in [1.165, 1.54) is 47.4 Å². The molecule has 0 aromatic heterocycles. The van der Waals surface area contributed by atoms with Gasteiger partial charge in [-0.05, 0) is 59.7 Å². The Bertz CT molecular complexity index is 794. The Morgan fingerprint density at radius 1 is 0.633 bits per heavy atom. The van der Waals surface area contributed by atoms with E-state index in [1.54, 1.807) is 0 Å². The summed E-state index contributed by atoms with van der Waals surface area (Å²) in [6.07, 6.45) is 4.73. The van der Waals surface area contributed by atoms with Gasteiger partial charge in [0.25, 0.3) is 0 Å². The third-order valence-corrected chi connectivity index (χ3v) is 6.55. The van der Waals surface area contributed by atoms with Crippen molar-refractivity contribution in [2.75, 3.05) is 0 Å². The highest BCUT2D eigenvalue weighted by atomic mass is 14.3. The summed E-state index contributed by atoms with van der Waals surface area (Å²) in [7, 11) is 0. The normalized spacial score (nSPS) is 14.1. The van der Waals surface area contributed by atoms with Crippen LogP contribution in [0, 0.1) is 17.8 Å². The van der Waals surface area contributed by atoms with Crippen LogP contribution < -0.4 is 0 Å². The van der Waals surface area contributed by atoms with Crippen LogP contribution in [0.15, 0.2) is 84.9 Å². The first-order valence-corrected chi connectivity index (χ1v) is 11.7. The van der Waals surface area contributed by atoms with E-state index < -0.39 is 0 Å². The minimum absolute atomic E-state index is 0.446. The maximum absolute atomic E-state index is 2.46. The van der Waals surface area contributed by atoms with Crippen LogP contribution in [0.1, 0.15) is 81.5 Å². The van der Waals surface area contributed by atoms with Gasteiger partial charge in [0.05, 0.1) is 11.1 Å². The molecule has 0 heteroatoms. The molecular formula is C30H37+. The second-order valence-electron chi connectivity index (χ2n) is 8.90. The van der Waals surface area contributed by atoms with Crippen LogP contribution in [-0.2, 0) is 0 Å². The van der Waals surface area contributed by atoms with Crippen LogP contribution in [0.2, 0.25) is 0 Å². The van der Waals surface area contributed by atoms with Crippen molar-refractivity contribution in [3.05, 3.63) is 113 Å². The van der Waals surface area contributed by atoms with Crippen molar-refractivity contribution in [3.8, 4) is 0 Å². The standard InChI is InChI=1S/C30H37/c1-5-23(3)20-29(25-14-9-7-10-15-25)27-18-13-19-28(22-27)30(21-24(4)6-2)26-16-11-8-12-17-26/h7-19,22-24,29H,5-6,20-21H2,1-4H3/q+1. The zero-order valence-corrected chi connectivity index (χ0v) is 19.1. The molecule has 0 nitrogen and oxygen atoms in total. The maximum Gasteiger partial charge on any atom is 0.0759 e. The summed E-state index contributed by atoms with van der Waals surface area (Å²) in [5.74, 6) is 3.30. The van der Waals surface area contributed by atoms with Gasteiger partial charge in [-0.3, -0.25) is 0 Å². The summed E-state index contributed by atoms with van der Waals surface area (Å²) in [4.78, 5) is 0. The lowest BCUT2D eigenvalue weighted by Crippen LogP contribution is -2.10. The van der Waals surface area contributed by atoms with Gasteiger partial charge in [0.1, 0.15) is 0 Å². The molecule has 0 bridgehead atoms. The van der Waals surface area contributed by atoms with Gasteiger partial charge >= 0.3 is 0 Å². The van der Waals surface area contributed by atoms with Crippen molar-refractivity contribution >= 4 is 0 Å². The van der Waals surface area contributed by atoms with Gasteiger partial charge in [0.15, 0.2) is 0 Å². The van der Waals surface area contributed by atoms with E-state index in [0.717, 1.165) is 6.42 Å². The third-order valence-electron chi connectivity index (χ3n) is 6.55. The zero-order valence-electron chi connectivity index (χ0n) is 19.1. The molecule has 0 saturated heterocycles. The average molecular weight is 398 g/mol. The smallest absolute Gasteiger partial charge is 0.0651 e. The van der Waals surface area contributed by atoms with Crippen molar-refractivity contribution in [3.63, 3.8) is 0 Å². The number of hydrogen-bond acceptors (Lipinski definition) is 0.